The molecule has 2 atom stereocenters. The van der Waals surface area contributed by atoms with Crippen molar-refractivity contribution >= 4 is 27.5 Å². The summed E-state index contributed by atoms with van der Waals surface area (Å²) in [5.41, 5.74) is 1.05. The van der Waals surface area contributed by atoms with Crippen LogP contribution in [-0.2, 0) is 6.54 Å². The number of fused-ring (bicyclic) bond motifs is 2. The summed E-state index contributed by atoms with van der Waals surface area (Å²) in [5, 5.41) is 10.0. The molecule has 4 heterocycles. The van der Waals surface area contributed by atoms with Crippen LogP contribution in [0, 0.1) is 11.8 Å². The molecular weight excluding hydrogens is 310 g/mol. The molecule has 2 aliphatic heterocycles. The minimum Gasteiger partial charge on any atom is -0.477 e. The van der Waals surface area contributed by atoms with Gasteiger partial charge in [0.05, 0.1) is 5.69 Å². The molecule has 2 saturated heterocycles. The summed E-state index contributed by atoms with van der Waals surface area (Å²) in [6, 6.07) is 5.74. The lowest BCUT2D eigenvalue weighted by Gasteiger charge is -2.19. The van der Waals surface area contributed by atoms with Crippen LogP contribution in [0.3, 0.4) is 0 Å². The van der Waals surface area contributed by atoms with Gasteiger partial charge in [0, 0.05) is 38.1 Å². The normalized spacial score (nSPS) is 25.3. The molecule has 0 spiro atoms. The smallest absolute Gasteiger partial charge is 0.345 e. The van der Waals surface area contributed by atoms with Gasteiger partial charge in [-0.3, -0.25) is 4.90 Å². The summed E-state index contributed by atoms with van der Waals surface area (Å²) < 4.78 is 0. The molecule has 0 aliphatic carbocycles. The van der Waals surface area contributed by atoms with E-state index in [2.05, 4.69) is 21.7 Å². The zero-order valence-corrected chi connectivity index (χ0v) is 14.1. The number of carboxylic acids is 1. The quantitative estimate of drug-likeness (QED) is 0.932. The van der Waals surface area contributed by atoms with Gasteiger partial charge in [0.25, 0.3) is 0 Å². The molecule has 4 rings (SSSR count). The van der Waals surface area contributed by atoms with Crippen molar-refractivity contribution < 1.29 is 9.90 Å². The molecule has 6 heteroatoms. The van der Waals surface area contributed by atoms with Crippen molar-refractivity contribution in [1.82, 2.24) is 14.8 Å². The fraction of sp³-hybridized carbons (Fsp3) is 0.529. The number of thiophene rings is 1. The minimum atomic E-state index is -0.873. The Labute approximate surface area is 139 Å². The van der Waals surface area contributed by atoms with Gasteiger partial charge < -0.3 is 10.0 Å². The lowest BCUT2D eigenvalue weighted by Crippen LogP contribution is -2.28. The van der Waals surface area contributed by atoms with Gasteiger partial charge in [-0.15, -0.1) is 11.3 Å². The molecule has 0 saturated carbocycles. The van der Waals surface area contributed by atoms with E-state index >= 15 is 0 Å². The number of carbonyl (C=O) groups is 1. The second-order valence-corrected chi connectivity index (χ2v) is 7.71. The third kappa shape index (κ3) is 2.86. The zero-order chi connectivity index (χ0) is 16.0. The third-order valence-corrected chi connectivity index (χ3v) is 6.15. The Morgan fingerprint density at radius 1 is 1.26 bits per heavy atom. The first kappa shape index (κ1) is 15.1. The Morgan fingerprint density at radius 3 is 2.61 bits per heavy atom. The van der Waals surface area contributed by atoms with Crippen LogP contribution >= 0.6 is 11.3 Å². The molecule has 1 N–H and O–H groups in total. The number of rotatable bonds is 4. The van der Waals surface area contributed by atoms with Crippen molar-refractivity contribution in [3.8, 4) is 0 Å². The molecule has 122 valence electrons. The highest BCUT2D eigenvalue weighted by Crippen LogP contribution is 2.32. The SMILES string of the molecule is CCN1CC2CN(Cc3ccc4cc(C(=O)O)sc4n3)CC2C1. The van der Waals surface area contributed by atoms with E-state index in [1.54, 1.807) is 6.07 Å². The summed E-state index contributed by atoms with van der Waals surface area (Å²) >= 11 is 1.26. The summed E-state index contributed by atoms with van der Waals surface area (Å²) in [6.45, 7) is 9.06. The lowest BCUT2D eigenvalue weighted by molar-refractivity contribution is 0.0702. The van der Waals surface area contributed by atoms with E-state index in [1.165, 1.54) is 24.4 Å². The van der Waals surface area contributed by atoms with Crippen LogP contribution in [0.4, 0.5) is 0 Å². The number of pyridine rings is 1. The van der Waals surface area contributed by atoms with E-state index in [-0.39, 0.29) is 0 Å². The highest BCUT2D eigenvalue weighted by atomic mass is 32.1. The van der Waals surface area contributed by atoms with Gasteiger partial charge in [0.2, 0.25) is 0 Å². The van der Waals surface area contributed by atoms with Gasteiger partial charge in [-0.2, -0.15) is 0 Å². The summed E-state index contributed by atoms with van der Waals surface area (Å²) in [7, 11) is 0. The average molecular weight is 331 g/mol. The first-order chi connectivity index (χ1) is 11.1. The zero-order valence-electron chi connectivity index (χ0n) is 13.2. The lowest BCUT2D eigenvalue weighted by atomic mass is 10.0. The Morgan fingerprint density at radius 2 is 1.96 bits per heavy atom. The van der Waals surface area contributed by atoms with Crippen LogP contribution in [0.15, 0.2) is 18.2 Å². The molecule has 2 aromatic heterocycles. The van der Waals surface area contributed by atoms with Gasteiger partial charge in [-0.25, -0.2) is 9.78 Å². The van der Waals surface area contributed by atoms with Crippen LogP contribution in [-0.4, -0.2) is 58.6 Å². The number of carboxylic acid groups (broad SMARTS) is 1. The number of aromatic nitrogens is 1. The number of aromatic carboxylic acids is 1. The summed E-state index contributed by atoms with van der Waals surface area (Å²) in [4.78, 5) is 22.0. The van der Waals surface area contributed by atoms with Crippen LogP contribution in [0.25, 0.3) is 10.2 Å². The minimum absolute atomic E-state index is 0.361. The highest BCUT2D eigenvalue weighted by Gasteiger charge is 2.39. The molecule has 0 amide bonds. The Bertz CT molecular complexity index is 731. The summed E-state index contributed by atoms with van der Waals surface area (Å²) in [6.07, 6.45) is 0. The third-order valence-electron chi connectivity index (χ3n) is 5.12. The molecule has 0 bridgehead atoms. The molecule has 5 nitrogen and oxygen atoms in total. The van der Waals surface area contributed by atoms with Gasteiger partial charge >= 0.3 is 5.97 Å². The first-order valence-corrected chi connectivity index (χ1v) is 9.01. The number of hydrogen-bond acceptors (Lipinski definition) is 5. The molecule has 0 aromatic carbocycles. The highest BCUT2D eigenvalue weighted by molar-refractivity contribution is 7.20. The van der Waals surface area contributed by atoms with Crippen molar-refractivity contribution in [1.29, 1.82) is 0 Å². The number of likely N-dealkylation sites (tertiary alicyclic amines) is 2. The summed E-state index contributed by atoms with van der Waals surface area (Å²) in [5.74, 6) is 0.737. The van der Waals surface area contributed by atoms with E-state index in [0.717, 1.165) is 53.9 Å². The molecule has 2 fully saturated rings. The molecule has 23 heavy (non-hydrogen) atoms. The number of nitrogens with zero attached hydrogens (tertiary/aromatic N) is 3. The molecule has 2 unspecified atom stereocenters. The molecular formula is C17H21N3O2S. The monoisotopic (exact) mass is 331 g/mol. The second kappa shape index (κ2) is 5.85. The van der Waals surface area contributed by atoms with Gasteiger partial charge in [0.15, 0.2) is 0 Å². The van der Waals surface area contributed by atoms with Crippen molar-refractivity contribution in [2.75, 3.05) is 32.7 Å². The van der Waals surface area contributed by atoms with Gasteiger partial charge in [-0.1, -0.05) is 13.0 Å². The van der Waals surface area contributed by atoms with E-state index in [0.29, 0.717) is 4.88 Å². The predicted octanol–water partition coefficient (Wildman–Crippen LogP) is 2.38. The van der Waals surface area contributed by atoms with E-state index in [9.17, 15) is 4.79 Å². The Hall–Kier alpha value is -1.50. The fourth-order valence-corrected chi connectivity index (χ4v) is 4.84. The topological polar surface area (TPSA) is 56.7 Å². The van der Waals surface area contributed by atoms with Crippen molar-refractivity contribution in [2.24, 2.45) is 11.8 Å². The van der Waals surface area contributed by atoms with E-state index in [4.69, 9.17) is 5.11 Å². The largest absolute Gasteiger partial charge is 0.477 e. The Balaban J connectivity index is 1.45. The van der Waals surface area contributed by atoms with Crippen LogP contribution < -0.4 is 0 Å². The maximum Gasteiger partial charge on any atom is 0.345 e. The molecule has 2 aliphatic rings. The van der Waals surface area contributed by atoms with Gasteiger partial charge in [0.1, 0.15) is 9.71 Å². The van der Waals surface area contributed by atoms with E-state index in [1.807, 2.05) is 12.1 Å². The van der Waals surface area contributed by atoms with Crippen LogP contribution in [0.2, 0.25) is 0 Å². The van der Waals surface area contributed by atoms with Gasteiger partial charge in [-0.05, 0) is 30.5 Å². The number of hydrogen-bond donors (Lipinski definition) is 1. The van der Waals surface area contributed by atoms with Crippen molar-refractivity contribution in [2.45, 2.75) is 13.5 Å². The maximum absolute atomic E-state index is 11.1. The Kier molecular flexibility index (Phi) is 3.83. The van der Waals surface area contributed by atoms with E-state index < -0.39 is 5.97 Å². The fourth-order valence-electron chi connectivity index (χ4n) is 3.95. The molecule has 0 radical (unpaired) electrons. The van der Waals surface area contributed by atoms with Crippen molar-refractivity contribution in [3.05, 3.63) is 28.8 Å². The average Bonchev–Trinajstić information content (AvgIpc) is 3.18. The maximum atomic E-state index is 11.1. The second-order valence-electron chi connectivity index (χ2n) is 6.68. The molecule has 2 aromatic rings. The van der Waals surface area contributed by atoms with Crippen LogP contribution in [0.5, 0.6) is 0 Å². The van der Waals surface area contributed by atoms with Crippen LogP contribution in [0.1, 0.15) is 22.3 Å². The first-order valence-electron chi connectivity index (χ1n) is 8.20. The predicted molar refractivity (Wildman–Crippen MR) is 91.0 cm³/mol. The standard InChI is InChI=1S/C17H21N3O2S/c1-2-19-6-12-8-20(9-13(12)7-19)10-14-4-3-11-5-15(17(21)22)23-16(11)18-14/h3-5,12-13H,2,6-10H2,1H3,(H,21,22). The van der Waals surface area contributed by atoms with Crippen molar-refractivity contribution in [3.63, 3.8) is 0 Å².